The average Bonchev–Trinajstić information content (AvgIpc) is 2.27. The van der Waals surface area contributed by atoms with Crippen LogP contribution in [-0.4, -0.2) is 37.0 Å². The fourth-order valence-electron chi connectivity index (χ4n) is 1.75. The molecule has 84 valence electrons. The molecule has 0 saturated carbocycles. The van der Waals surface area contributed by atoms with Crippen molar-refractivity contribution in [3.05, 3.63) is 12.2 Å². The quantitative estimate of drug-likeness (QED) is 0.505. The summed E-state index contributed by atoms with van der Waals surface area (Å²) in [6, 6.07) is 0. The van der Waals surface area contributed by atoms with Gasteiger partial charge in [-0.2, -0.15) is 0 Å². The van der Waals surface area contributed by atoms with E-state index in [0.717, 1.165) is 0 Å². The molecule has 15 heavy (non-hydrogen) atoms. The molecule has 0 aromatic heterocycles. The smallest absolute Gasteiger partial charge is 0.308 e. The fourth-order valence-corrected chi connectivity index (χ4v) is 1.75. The van der Waals surface area contributed by atoms with Crippen molar-refractivity contribution in [2.75, 3.05) is 20.2 Å². The van der Waals surface area contributed by atoms with E-state index in [1.807, 2.05) is 0 Å². The number of nitrogens with zero attached hydrogens (tertiary/aromatic N) is 1. The van der Waals surface area contributed by atoms with Gasteiger partial charge in [0.15, 0.2) is 0 Å². The summed E-state index contributed by atoms with van der Waals surface area (Å²) in [4.78, 5) is 24.5. The van der Waals surface area contributed by atoms with Crippen molar-refractivity contribution in [1.29, 1.82) is 0 Å². The number of ether oxygens (including phenoxy) is 1. The minimum Gasteiger partial charge on any atom is -0.469 e. The summed E-state index contributed by atoms with van der Waals surface area (Å²) in [5, 5.41) is 0. The summed E-state index contributed by atoms with van der Waals surface area (Å²) in [5.74, 6) is -0.236. The molecule has 4 nitrogen and oxygen atoms in total. The second-order valence-electron chi connectivity index (χ2n) is 3.87. The molecule has 1 rings (SSSR count). The Morgan fingerprint density at radius 2 is 1.87 bits per heavy atom. The van der Waals surface area contributed by atoms with E-state index in [2.05, 4.69) is 11.3 Å². The van der Waals surface area contributed by atoms with Gasteiger partial charge in [0.1, 0.15) is 0 Å². The Morgan fingerprint density at radius 3 is 2.27 bits per heavy atom. The first-order valence-corrected chi connectivity index (χ1v) is 5.09. The van der Waals surface area contributed by atoms with Gasteiger partial charge in [0, 0.05) is 18.7 Å². The lowest BCUT2D eigenvalue weighted by Gasteiger charge is -2.30. The third-order valence-electron chi connectivity index (χ3n) is 2.68. The van der Waals surface area contributed by atoms with E-state index in [9.17, 15) is 9.59 Å². The lowest BCUT2D eigenvalue weighted by atomic mass is 9.96. The van der Waals surface area contributed by atoms with Crippen LogP contribution in [0.2, 0.25) is 0 Å². The van der Waals surface area contributed by atoms with Gasteiger partial charge in [-0.25, -0.2) is 0 Å². The SMILES string of the molecule is C=C(C)C(=O)N1CCC(C(=O)OC)CC1. The highest BCUT2D eigenvalue weighted by Crippen LogP contribution is 2.19. The number of hydrogen-bond donors (Lipinski definition) is 0. The number of rotatable bonds is 2. The largest absolute Gasteiger partial charge is 0.469 e. The zero-order valence-corrected chi connectivity index (χ0v) is 9.28. The van der Waals surface area contributed by atoms with Crippen molar-refractivity contribution in [3.63, 3.8) is 0 Å². The van der Waals surface area contributed by atoms with Crippen molar-refractivity contribution in [3.8, 4) is 0 Å². The Hall–Kier alpha value is -1.32. The molecule has 1 saturated heterocycles. The molecule has 1 heterocycles. The average molecular weight is 211 g/mol. The predicted molar refractivity (Wildman–Crippen MR) is 56.1 cm³/mol. The second-order valence-corrected chi connectivity index (χ2v) is 3.87. The van der Waals surface area contributed by atoms with E-state index in [1.165, 1.54) is 7.11 Å². The first-order valence-electron chi connectivity index (χ1n) is 5.09. The van der Waals surface area contributed by atoms with Crippen molar-refractivity contribution >= 4 is 11.9 Å². The van der Waals surface area contributed by atoms with Crippen LogP contribution in [0, 0.1) is 5.92 Å². The molecule has 0 bridgehead atoms. The molecule has 0 spiro atoms. The summed E-state index contributed by atoms with van der Waals surface area (Å²) in [6.07, 6.45) is 1.37. The van der Waals surface area contributed by atoms with Crippen molar-refractivity contribution in [2.24, 2.45) is 5.92 Å². The van der Waals surface area contributed by atoms with Crippen LogP contribution in [0.4, 0.5) is 0 Å². The van der Waals surface area contributed by atoms with E-state index in [4.69, 9.17) is 0 Å². The highest BCUT2D eigenvalue weighted by atomic mass is 16.5. The monoisotopic (exact) mass is 211 g/mol. The van der Waals surface area contributed by atoms with E-state index in [0.29, 0.717) is 31.5 Å². The zero-order valence-electron chi connectivity index (χ0n) is 9.28. The summed E-state index contributed by atoms with van der Waals surface area (Å²) in [6.45, 7) is 6.55. The maximum atomic E-state index is 11.6. The van der Waals surface area contributed by atoms with Crippen LogP contribution < -0.4 is 0 Å². The molecule has 1 fully saturated rings. The highest BCUT2D eigenvalue weighted by molar-refractivity contribution is 5.92. The molecule has 1 aliphatic rings. The van der Waals surface area contributed by atoms with Gasteiger partial charge in [-0.3, -0.25) is 9.59 Å². The maximum absolute atomic E-state index is 11.6. The summed E-state index contributed by atoms with van der Waals surface area (Å²) in [5.41, 5.74) is 0.548. The molecule has 0 aromatic rings. The molecular formula is C11H17NO3. The van der Waals surface area contributed by atoms with E-state index < -0.39 is 0 Å². The molecule has 1 aliphatic heterocycles. The number of carbonyl (C=O) groups excluding carboxylic acids is 2. The van der Waals surface area contributed by atoms with Crippen LogP contribution in [0.3, 0.4) is 0 Å². The van der Waals surface area contributed by atoms with Gasteiger partial charge in [-0.1, -0.05) is 6.58 Å². The van der Waals surface area contributed by atoms with Crippen LogP contribution in [0.25, 0.3) is 0 Å². The topological polar surface area (TPSA) is 46.6 Å². The summed E-state index contributed by atoms with van der Waals surface area (Å²) in [7, 11) is 1.40. The van der Waals surface area contributed by atoms with Gasteiger partial charge >= 0.3 is 5.97 Å². The van der Waals surface area contributed by atoms with Gasteiger partial charge in [0.25, 0.3) is 0 Å². The minimum atomic E-state index is -0.169. The van der Waals surface area contributed by atoms with E-state index in [-0.39, 0.29) is 17.8 Å². The predicted octanol–water partition coefficient (Wildman–Crippen LogP) is 0.974. The first-order chi connectivity index (χ1) is 7.06. The van der Waals surface area contributed by atoms with Crippen LogP contribution >= 0.6 is 0 Å². The zero-order chi connectivity index (χ0) is 11.4. The summed E-state index contributed by atoms with van der Waals surface area (Å²) >= 11 is 0. The summed E-state index contributed by atoms with van der Waals surface area (Å²) < 4.78 is 4.67. The van der Waals surface area contributed by atoms with Crippen molar-refractivity contribution in [2.45, 2.75) is 19.8 Å². The molecule has 0 atom stereocenters. The number of carbonyl (C=O) groups is 2. The third kappa shape index (κ3) is 2.81. The van der Waals surface area contributed by atoms with Gasteiger partial charge in [-0.05, 0) is 19.8 Å². The molecular weight excluding hydrogens is 194 g/mol. The standard InChI is InChI=1S/C11H17NO3/c1-8(2)10(13)12-6-4-9(5-7-12)11(14)15-3/h9H,1,4-7H2,2-3H3. The molecule has 0 unspecified atom stereocenters. The molecule has 4 heteroatoms. The van der Waals surface area contributed by atoms with Gasteiger partial charge in [0.05, 0.1) is 13.0 Å². The van der Waals surface area contributed by atoms with Crippen LogP contribution in [0.15, 0.2) is 12.2 Å². The van der Waals surface area contributed by atoms with Crippen molar-refractivity contribution in [1.82, 2.24) is 4.90 Å². The normalized spacial score (nSPS) is 17.3. The lowest BCUT2D eigenvalue weighted by Crippen LogP contribution is -2.40. The number of esters is 1. The Labute approximate surface area is 89.9 Å². The van der Waals surface area contributed by atoms with Gasteiger partial charge in [-0.15, -0.1) is 0 Å². The molecule has 0 aliphatic carbocycles. The van der Waals surface area contributed by atoms with Crippen LogP contribution in [0.5, 0.6) is 0 Å². The molecule has 0 radical (unpaired) electrons. The number of likely N-dealkylation sites (tertiary alicyclic amines) is 1. The minimum absolute atomic E-state index is 0.0154. The highest BCUT2D eigenvalue weighted by Gasteiger charge is 2.27. The Balaban J connectivity index is 2.46. The van der Waals surface area contributed by atoms with E-state index in [1.54, 1.807) is 11.8 Å². The van der Waals surface area contributed by atoms with Crippen LogP contribution in [0.1, 0.15) is 19.8 Å². The van der Waals surface area contributed by atoms with Crippen LogP contribution in [-0.2, 0) is 14.3 Å². The number of amides is 1. The van der Waals surface area contributed by atoms with Gasteiger partial charge in [0.2, 0.25) is 5.91 Å². The number of methoxy groups -OCH3 is 1. The third-order valence-corrected chi connectivity index (χ3v) is 2.68. The van der Waals surface area contributed by atoms with Gasteiger partial charge < -0.3 is 9.64 Å². The second kappa shape index (κ2) is 4.96. The first kappa shape index (κ1) is 11.8. The fraction of sp³-hybridized carbons (Fsp3) is 0.636. The van der Waals surface area contributed by atoms with Crippen molar-refractivity contribution < 1.29 is 14.3 Å². The number of hydrogen-bond acceptors (Lipinski definition) is 3. The Bertz CT molecular complexity index is 278. The molecule has 1 amide bonds. The lowest BCUT2D eigenvalue weighted by molar-refractivity contribution is -0.148. The Kier molecular flexibility index (Phi) is 3.88. The molecule has 0 aromatic carbocycles. The van der Waals surface area contributed by atoms with E-state index >= 15 is 0 Å². The maximum Gasteiger partial charge on any atom is 0.308 e. The number of piperidine rings is 1. The molecule has 0 N–H and O–H groups in total. The Morgan fingerprint density at radius 1 is 1.33 bits per heavy atom.